The van der Waals surface area contributed by atoms with E-state index in [1.807, 2.05) is 0 Å². The molecule has 21 heavy (non-hydrogen) atoms. The van der Waals surface area contributed by atoms with Gasteiger partial charge >= 0.3 is 0 Å². The Bertz CT molecular complexity index is 500. The maximum atomic E-state index is 12.1. The van der Waals surface area contributed by atoms with Crippen LogP contribution in [0.2, 0.25) is 0 Å². The molecular weight excluding hydrogens is 284 g/mol. The van der Waals surface area contributed by atoms with Gasteiger partial charge in [0.05, 0.1) is 12.1 Å². The van der Waals surface area contributed by atoms with E-state index in [4.69, 9.17) is 4.74 Å². The van der Waals surface area contributed by atoms with E-state index >= 15 is 0 Å². The quantitative estimate of drug-likeness (QED) is 0.925. The van der Waals surface area contributed by atoms with E-state index in [1.165, 1.54) is 12.0 Å². The number of rotatable bonds is 4. The molecule has 4 rings (SSSR count). The first kappa shape index (κ1) is 13.7. The zero-order valence-electron chi connectivity index (χ0n) is 12.2. The molecule has 1 aromatic rings. The van der Waals surface area contributed by atoms with Gasteiger partial charge in [0.15, 0.2) is 0 Å². The lowest BCUT2D eigenvalue weighted by atomic mass is 10.0. The fraction of sp³-hybridized carbons (Fsp3) is 0.688. The number of carbonyl (C=O) groups is 1. The second kappa shape index (κ2) is 5.71. The minimum absolute atomic E-state index is 0.169. The normalized spacial score (nSPS) is 32.9. The number of carbonyl (C=O) groups excluding carboxylic acids is 1. The average molecular weight is 306 g/mol. The first-order chi connectivity index (χ1) is 10.3. The van der Waals surface area contributed by atoms with E-state index in [0.29, 0.717) is 6.04 Å². The van der Waals surface area contributed by atoms with Crippen molar-refractivity contribution in [3.63, 3.8) is 0 Å². The van der Waals surface area contributed by atoms with Crippen LogP contribution < -0.4 is 5.32 Å². The van der Waals surface area contributed by atoms with Crippen LogP contribution in [0.3, 0.4) is 0 Å². The molecule has 0 radical (unpaired) electrons. The molecule has 0 spiro atoms. The van der Waals surface area contributed by atoms with Gasteiger partial charge in [0.1, 0.15) is 0 Å². The van der Waals surface area contributed by atoms with Crippen molar-refractivity contribution in [3.05, 3.63) is 22.4 Å². The third kappa shape index (κ3) is 2.87. The van der Waals surface area contributed by atoms with E-state index in [1.54, 1.807) is 11.3 Å². The van der Waals surface area contributed by atoms with E-state index in [2.05, 4.69) is 27.0 Å². The Kier molecular flexibility index (Phi) is 3.73. The summed E-state index contributed by atoms with van der Waals surface area (Å²) in [5.41, 5.74) is 1.37. The first-order valence-electron chi connectivity index (χ1n) is 7.98. The number of hydrogen-bond donors (Lipinski definition) is 1. The van der Waals surface area contributed by atoms with Gasteiger partial charge < -0.3 is 10.1 Å². The van der Waals surface area contributed by atoms with Crippen molar-refractivity contribution in [2.45, 2.75) is 50.4 Å². The van der Waals surface area contributed by atoms with Gasteiger partial charge in [-0.05, 0) is 48.1 Å². The van der Waals surface area contributed by atoms with Crippen molar-refractivity contribution < 1.29 is 9.53 Å². The van der Waals surface area contributed by atoms with Crippen molar-refractivity contribution in [2.24, 2.45) is 5.92 Å². The molecule has 3 fully saturated rings. The molecule has 5 heteroatoms. The van der Waals surface area contributed by atoms with Crippen molar-refractivity contribution in [3.8, 4) is 0 Å². The number of thiophene rings is 1. The summed E-state index contributed by atoms with van der Waals surface area (Å²) in [6, 6.07) is 2.82. The Labute approximate surface area is 129 Å². The highest BCUT2D eigenvalue weighted by Crippen LogP contribution is 2.33. The Balaban J connectivity index is 1.45. The largest absolute Gasteiger partial charge is 0.374 e. The van der Waals surface area contributed by atoms with Gasteiger partial charge in [-0.2, -0.15) is 11.3 Å². The second-order valence-corrected chi connectivity index (χ2v) is 7.28. The Morgan fingerprint density at radius 2 is 2.33 bits per heavy atom. The molecule has 3 aliphatic rings. The highest BCUT2D eigenvalue weighted by molar-refractivity contribution is 7.07. The van der Waals surface area contributed by atoms with Crippen LogP contribution in [-0.2, 0) is 16.1 Å². The van der Waals surface area contributed by atoms with E-state index in [0.717, 1.165) is 39.0 Å². The van der Waals surface area contributed by atoms with Crippen LogP contribution in [0, 0.1) is 5.92 Å². The zero-order valence-corrected chi connectivity index (χ0v) is 13.0. The summed E-state index contributed by atoms with van der Waals surface area (Å²) in [7, 11) is 0. The summed E-state index contributed by atoms with van der Waals surface area (Å²) in [4.78, 5) is 14.6. The summed E-state index contributed by atoms with van der Waals surface area (Å²) in [6.07, 6.45) is 4.62. The molecule has 1 amide bonds. The van der Waals surface area contributed by atoms with Crippen molar-refractivity contribution in [1.29, 1.82) is 0 Å². The highest BCUT2D eigenvalue weighted by atomic mass is 32.1. The van der Waals surface area contributed by atoms with Gasteiger partial charge in [-0.1, -0.05) is 0 Å². The SMILES string of the molecule is O=C(N[C@H]1CN(Cc2ccsc2)[C@@H]2CCCO[C@H]12)C1CC1. The van der Waals surface area contributed by atoms with Crippen LogP contribution >= 0.6 is 11.3 Å². The van der Waals surface area contributed by atoms with Crippen LogP contribution in [0.15, 0.2) is 16.8 Å². The maximum Gasteiger partial charge on any atom is 0.223 e. The van der Waals surface area contributed by atoms with Crippen LogP contribution in [0.1, 0.15) is 31.2 Å². The smallest absolute Gasteiger partial charge is 0.223 e. The number of nitrogens with zero attached hydrogens (tertiary/aromatic N) is 1. The molecule has 2 aliphatic heterocycles. The molecule has 1 aliphatic carbocycles. The van der Waals surface area contributed by atoms with Crippen molar-refractivity contribution in [1.82, 2.24) is 10.2 Å². The maximum absolute atomic E-state index is 12.1. The van der Waals surface area contributed by atoms with Crippen molar-refractivity contribution >= 4 is 17.2 Å². The minimum Gasteiger partial charge on any atom is -0.374 e. The van der Waals surface area contributed by atoms with Crippen LogP contribution in [0.5, 0.6) is 0 Å². The monoisotopic (exact) mass is 306 g/mol. The summed E-state index contributed by atoms with van der Waals surface area (Å²) in [5, 5.41) is 7.60. The summed E-state index contributed by atoms with van der Waals surface area (Å²) < 4.78 is 6.01. The number of likely N-dealkylation sites (tertiary alicyclic amines) is 1. The third-order valence-electron chi connectivity index (χ3n) is 4.87. The van der Waals surface area contributed by atoms with E-state index in [-0.39, 0.29) is 24.0 Å². The lowest BCUT2D eigenvalue weighted by Crippen LogP contribution is -2.48. The first-order valence-corrected chi connectivity index (χ1v) is 8.92. The number of ether oxygens (including phenoxy) is 1. The predicted octanol–water partition coefficient (Wildman–Crippen LogP) is 2.01. The molecule has 4 nitrogen and oxygen atoms in total. The van der Waals surface area contributed by atoms with Gasteiger partial charge in [-0.15, -0.1) is 0 Å². The molecule has 1 aromatic heterocycles. The van der Waals surface area contributed by atoms with Gasteiger partial charge in [0.25, 0.3) is 0 Å². The Morgan fingerprint density at radius 1 is 1.43 bits per heavy atom. The number of fused-ring (bicyclic) bond motifs is 1. The molecule has 2 saturated heterocycles. The lowest BCUT2D eigenvalue weighted by Gasteiger charge is -2.32. The topological polar surface area (TPSA) is 41.6 Å². The minimum atomic E-state index is 0.169. The molecule has 3 heterocycles. The summed E-state index contributed by atoms with van der Waals surface area (Å²) in [6.45, 7) is 2.73. The summed E-state index contributed by atoms with van der Waals surface area (Å²) in [5.74, 6) is 0.517. The molecule has 114 valence electrons. The molecule has 1 saturated carbocycles. The summed E-state index contributed by atoms with van der Waals surface area (Å²) >= 11 is 1.75. The molecule has 1 N–H and O–H groups in total. The van der Waals surface area contributed by atoms with E-state index < -0.39 is 0 Å². The van der Waals surface area contributed by atoms with Gasteiger partial charge in [-0.25, -0.2) is 0 Å². The van der Waals surface area contributed by atoms with Crippen molar-refractivity contribution in [2.75, 3.05) is 13.2 Å². The molecule has 3 atom stereocenters. The molecule has 0 aromatic carbocycles. The van der Waals surface area contributed by atoms with Crippen LogP contribution in [0.4, 0.5) is 0 Å². The number of hydrogen-bond acceptors (Lipinski definition) is 4. The zero-order chi connectivity index (χ0) is 14.2. The number of amides is 1. The van der Waals surface area contributed by atoms with Crippen LogP contribution in [-0.4, -0.2) is 42.1 Å². The standard InChI is InChI=1S/C16H22N2O2S/c19-16(12-3-4-12)17-13-9-18(8-11-5-7-21-10-11)14-2-1-6-20-15(13)14/h5,7,10,12-15H,1-4,6,8-9H2,(H,17,19)/t13-,14+,15+/m0/s1. The van der Waals surface area contributed by atoms with Gasteiger partial charge in [-0.3, -0.25) is 9.69 Å². The van der Waals surface area contributed by atoms with E-state index in [9.17, 15) is 4.79 Å². The highest BCUT2D eigenvalue weighted by Gasteiger charge is 2.45. The number of nitrogens with one attached hydrogen (secondary N) is 1. The lowest BCUT2D eigenvalue weighted by molar-refractivity contribution is -0.124. The third-order valence-corrected chi connectivity index (χ3v) is 5.60. The molecular formula is C16H22N2O2S. The average Bonchev–Trinajstić information content (AvgIpc) is 3.14. The van der Waals surface area contributed by atoms with Gasteiger partial charge in [0.2, 0.25) is 5.91 Å². The van der Waals surface area contributed by atoms with Crippen LogP contribution in [0.25, 0.3) is 0 Å². The molecule has 0 unspecified atom stereocenters. The Hall–Kier alpha value is -0.910. The fourth-order valence-electron chi connectivity index (χ4n) is 3.63. The second-order valence-electron chi connectivity index (χ2n) is 6.50. The Morgan fingerprint density at radius 3 is 3.10 bits per heavy atom. The predicted molar refractivity (Wildman–Crippen MR) is 82.1 cm³/mol. The molecule has 0 bridgehead atoms. The van der Waals surface area contributed by atoms with Gasteiger partial charge in [0, 0.05) is 31.7 Å². The fourth-order valence-corrected chi connectivity index (χ4v) is 4.29.